The Morgan fingerprint density at radius 3 is 2.36 bits per heavy atom. The molecule has 0 spiro atoms. The van der Waals surface area contributed by atoms with Crippen LogP contribution in [0.1, 0.15) is 81.7 Å². The molecule has 0 aromatic heterocycles. The first-order valence-electron chi connectivity index (χ1n) is 12.4. The van der Waals surface area contributed by atoms with Crippen LogP contribution in [0.3, 0.4) is 0 Å². The molecule has 7 N–H and O–H groups in total. The molecule has 0 radical (unpaired) electrons. The summed E-state index contributed by atoms with van der Waals surface area (Å²) in [6, 6.07) is 3.13. The minimum absolute atomic E-state index is 0.0380. The molecule has 5 rings (SSSR count). The number of fused-ring (bicyclic) bond motifs is 3. The van der Waals surface area contributed by atoms with E-state index >= 15 is 0 Å². The van der Waals surface area contributed by atoms with E-state index < -0.39 is 88.1 Å². The zero-order chi connectivity index (χ0) is 28.5. The molecule has 39 heavy (non-hydrogen) atoms. The van der Waals surface area contributed by atoms with Crippen LogP contribution in [0.15, 0.2) is 18.2 Å². The number of phenols is 3. The number of aromatic hydroxyl groups is 3. The van der Waals surface area contributed by atoms with Gasteiger partial charge in [0.05, 0.1) is 47.7 Å². The Labute approximate surface area is 222 Å². The molecule has 1 aliphatic heterocycles. The Kier molecular flexibility index (Phi) is 6.43. The summed E-state index contributed by atoms with van der Waals surface area (Å²) in [7, 11) is 1.08. The van der Waals surface area contributed by atoms with Gasteiger partial charge in [-0.05, 0) is 19.9 Å². The summed E-state index contributed by atoms with van der Waals surface area (Å²) < 4.78 is 16.7. The van der Waals surface area contributed by atoms with Gasteiger partial charge in [0.2, 0.25) is 5.78 Å². The fraction of sp³-hybridized carbons (Fsp3) is 0.444. The van der Waals surface area contributed by atoms with Crippen LogP contribution in [0.25, 0.3) is 0 Å². The molecule has 2 aromatic rings. The fourth-order valence-corrected chi connectivity index (χ4v) is 5.92. The number of aliphatic hydroxyl groups is 2. The molecule has 2 aromatic carbocycles. The van der Waals surface area contributed by atoms with E-state index in [0.717, 1.165) is 7.11 Å². The Balaban J connectivity index is 1.74. The van der Waals surface area contributed by atoms with E-state index in [1.165, 1.54) is 25.1 Å². The molecule has 208 valence electrons. The average Bonchev–Trinajstić information content (AvgIpc) is 2.86. The van der Waals surface area contributed by atoms with Crippen LogP contribution in [0.4, 0.5) is 0 Å². The van der Waals surface area contributed by atoms with Gasteiger partial charge in [0.1, 0.15) is 23.2 Å². The Bertz CT molecular complexity index is 1390. The fourth-order valence-electron chi connectivity index (χ4n) is 5.92. The van der Waals surface area contributed by atoms with Gasteiger partial charge in [-0.2, -0.15) is 0 Å². The second kappa shape index (κ2) is 9.28. The maximum Gasteiger partial charge on any atom is 0.316 e. The number of rotatable bonds is 3. The highest BCUT2D eigenvalue weighted by molar-refractivity contribution is 6.31. The lowest BCUT2D eigenvalue weighted by Crippen LogP contribution is -2.52. The van der Waals surface area contributed by atoms with Crippen molar-refractivity contribution in [3.05, 3.63) is 51.6 Å². The lowest BCUT2D eigenvalue weighted by atomic mass is 9.68. The average molecular weight is 544 g/mol. The van der Waals surface area contributed by atoms with Crippen LogP contribution in [-0.2, 0) is 19.0 Å². The van der Waals surface area contributed by atoms with Crippen LogP contribution < -0.4 is 5.73 Å². The van der Waals surface area contributed by atoms with E-state index in [1.54, 1.807) is 6.92 Å². The smallest absolute Gasteiger partial charge is 0.316 e. The number of ether oxygens (including phenoxy) is 3. The van der Waals surface area contributed by atoms with Gasteiger partial charge in [0.25, 0.3) is 0 Å². The lowest BCUT2D eigenvalue weighted by Gasteiger charge is -2.44. The zero-order valence-electron chi connectivity index (χ0n) is 21.4. The molecule has 12 nitrogen and oxygen atoms in total. The summed E-state index contributed by atoms with van der Waals surface area (Å²) >= 11 is 0. The van der Waals surface area contributed by atoms with Gasteiger partial charge in [-0.25, -0.2) is 0 Å². The van der Waals surface area contributed by atoms with E-state index in [0.29, 0.717) is 0 Å². The first-order valence-corrected chi connectivity index (χ1v) is 12.4. The highest BCUT2D eigenvalue weighted by Gasteiger charge is 2.53. The number of hydrogen-bond donors (Lipinski definition) is 6. The quantitative estimate of drug-likeness (QED) is 0.201. The molecule has 0 saturated carbocycles. The topological polar surface area (TPSA) is 206 Å². The molecular weight excluding hydrogens is 514 g/mol. The third kappa shape index (κ3) is 3.98. The first-order chi connectivity index (χ1) is 18.3. The van der Waals surface area contributed by atoms with Crippen molar-refractivity contribution in [3.63, 3.8) is 0 Å². The zero-order valence-corrected chi connectivity index (χ0v) is 21.4. The predicted octanol–water partition coefficient (Wildman–Crippen LogP) is 0.871. The molecule has 0 amide bonds. The summed E-state index contributed by atoms with van der Waals surface area (Å²) in [5.74, 6) is -6.39. The van der Waals surface area contributed by atoms with Crippen molar-refractivity contribution in [3.8, 4) is 17.2 Å². The minimum Gasteiger partial charge on any atom is -0.507 e. The van der Waals surface area contributed by atoms with Gasteiger partial charge in [-0.15, -0.1) is 0 Å². The number of nitrogens with two attached hydrogens (primary N) is 1. The Hall–Kier alpha value is -3.55. The van der Waals surface area contributed by atoms with Crippen molar-refractivity contribution in [2.24, 2.45) is 5.73 Å². The van der Waals surface area contributed by atoms with Crippen LogP contribution in [0, 0.1) is 0 Å². The molecule has 7 atom stereocenters. The predicted molar refractivity (Wildman–Crippen MR) is 132 cm³/mol. The van der Waals surface area contributed by atoms with Gasteiger partial charge < -0.3 is 45.5 Å². The van der Waals surface area contributed by atoms with Crippen molar-refractivity contribution in [1.82, 2.24) is 0 Å². The number of hydrogen-bond acceptors (Lipinski definition) is 12. The number of esters is 1. The second-order valence-electron chi connectivity index (χ2n) is 10.4. The molecule has 1 heterocycles. The minimum atomic E-state index is -1.91. The molecule has 1 saturated heterocycles. The molecular formula is C27H29NO11. The number of carbonyl (C=O) groups is 3. The molecule has 12 heteroatoms. The van der Waals surface area contributed by atoms with Crippen molar-refractivity contribution in [1.29, 1.82) is 0 Å². The second-order valence-corrected chi connectivity index (χ2v) is 10.4. The number of carbonyl (C=O) groups excluding carboxylic acids is 3. The largest absolute Gasteiger partial charge is 0.507 e. The molecule has 1 fully saturated rings. The van der Waals surface area contributed by atoms with Gasteiger partial charge in [0.15, 0.2) is 12.1 Å². The first kappa shape index (κ1) is 27.0. The molecule has 0 bridgehead atoms. The highest BCUT2D eigenvalue weighted by atomic mass is 16.7. The Morgan fingerprint density at radius 2 is 1.72 bits per heavy atom. The van der Waals surface area contributed by atoms with E-state index in [2.05, 4.69) is 0 Å². The third-order valence-corrected chi connectivity index (χ3v) is 7.83. The highest BCUT2D eigenvalue weighted by Crippen LogP contribution is 2.56. The van der Waals surface area contributed by atoms with E-state index in [9.17, 15) is 39.9 Å². The number of ketones is 2. The third-order valence-electron chi connectivity index (χ3n) is 7.83. The number of phenolic OH excluding ortho intramolecular Hbond substituents is 3. The van der Waals surface area contributed by atoms with E-state index in [1.807, 2.05) is 0 Å². The SMILES string of the molecule is COC(=O)[C@@H]1c2c(O)c3c(c(O)c2[C@@H](OC2CC(N)C(O)C(C)O2)C[C@@]1(C)O)C(=O)c1c(O)cccc1C3=O. The Morgan fingerprint density at radius 1 is 1.08 bits per heavy atom. The van der Waals surface area contributed by atoms with E-state index in [4.69, 9.17) is 19.9 Å². The van der Waals surface area contributed by atoms with Gasteiger partial charge >= 0.3 is 5.97 Å². The summed E-state index contributed by atoms with van der Waals surface area (Å²) in [6.45, 7) is 2.90. The van der Waals surface area contributed by atoms with Gasteiger partial charge in [0, 0.05) is 35.6 Å². The van der Waals surface area contributed by atoms with Crippen molar-refractivity contribution < 1.29 is 54.1 Å². The summed E-state index contributed by atoms with van der Waals surface area (Å²) in [4.78, 5) is 39.9. The van der Waals surface area contributed by atoms with Crippen molar-refractivity contribution in [2.45, 2.75) is 68.9 Å². The maximum absolute atomic E-state index is 13.5. The lowest BCUT2D eigenvalue weighted by molar-refractivity contribution is -0.248. The van der Waals surface area contributed by atoms with Crippen LogP contribution >= 0.6 is 0 Å². The maximum atomic E-state index is 13.5. The normalized spacial score (nSPS) is 31.7. The monoisotopic (exact) mass is 543 g/mol. The number of benzene rings is 2. The molecule has 2 aliphatic carbocycles. The van der Waals surface area contributed by atoms with Crippen molar-refractivity contribution in [2.75, 3.05) is 7.11 Å². The van der Waals surface area contributed by atoms with Gasteiger partial charge in [-0.3, -0.25) is 14.4 Å². The summed E-state index contributed by atoms with van der Waals surface area (Å²) in [5, 5.41) is 54.9. The summed E-state index contributed by atoms with van der Waals surface area (Å²) in [6.07, 6.45) is -4.25. The number of aliphatic hydroxyl groups excluding tert-OH is 1. The van der Waals surface area contributed by atoms with Gasteiger partial charge in [-0.1, -0.05) is 12.1 Å². The molecule has 3 aliphatic rings. The molecule has 4 unspecified atom stereocenters. The summed E-state index contributed by atoms with van der Waals surface area (Å²) in [5.41, 5.74) is 1.84. The van der Waals surface area contributed by atoms with Crippen LogP contribution in [0.5, 0.6) is 17.2 Å². The van der Waals surface area contributed by atoms with Crippen molar-refractivity contribution >= 4 is 17.5 Å². The van der Waals surface area contributed by atoms with Crippen LogP contribution in [-0.4, -0.2) is 80.3 Å². The van der Waals surface area contributed by atoms with Crippen LogP contribution in [0.2, 0.25) is 0 Å². The van der Waals surface area contributed by atoms with E-state index in [-0.39, 0.29) is 35.1 Å². The standard InChI is InChI=1S/C27H29NO11/c1-9-21(30)11(28)7-14(38-9)39-13-8-27(2,36)20(26(35)37-3)17-16(13)24(33)19-18(25(17)34)22(31)10-5-4-6-12(29)15(10)23(19)32/h4-6,9,11,13-14,20-21,29-30,33-34,36H,7-8,28H2,1-3H3/t9?,11?,13-,14?,20-,21?,27+/m0/s1. The number of methoxy groups -OCH3 is 1.